The van der Waals surface area contributed by atoms with Gasteiger partial charge in [-0.15, -0.1) is 0 Å². The lowest BCUT2D eigenvalue weighted by Gasteiger charge is -2.24. The Morgan fingerprint density at radius 1 is 1.37 bits per heavy atom. The molecule has 1 aliphatic heterocycles. The van der Waals surface area contributed by atoms with E-state index in [2.05, 4.69) is 5.32 Å². The van der Waals surface area contributed by atoms with Crippen molar-refractivity contribution < 1.29 is 28.6 Å². The Labute approximate surface area is 157 Å². The number of hydrogen-bond acceptors (Lipinski definition) is 4. The molecule has 1 unspecified atom stereocenters. The molecule has 1 atom stereocenters. The third kappa shape index (κ3) is 4.82. The van der Waals surface area contributed by atoms with Crippen LogP contribution in [0, 0.1) is 17.2 Å². The minimum absolute atomic E-state index is 0.00128. The van der Waals surface area contributed by atoms with Crippen molar-refractivity contribution in [2.45, 2.75) is 26.7 Å². The number of amides is 2. The van der Waals surface area contributed by atoms with E-state index in [0.29, 0.717) is 0 Å². The van der Waals surface area contributed by atoms with Crippen molar-refractivity contribution in [2.24, 2.45) is 11.3 Å². The molecule has 8 heteroatoms. The number of carbonyl (C=O) groups excluding carboxylic acids is 2. The number of carboxylic acid groups (broad SMARTS) is 1. The molecule has 1 aromatic rings. The summed E-state index contributed by atoms with van der Waals surface area (Å²) in [5, 5.41) is 12.0. The van der Waals surface area contributed by atoms with Gasteiger partial charge in [-0.05, 0) is 30.5 Å². The summed E-state index contributed by atoms with van der Waals surface area (Å²) in [6.07, 6.45) is 0.540. The van der Waals surface area contributed by atoms with Crippen molar-refractivity contribution in [3.63, 3.8) is 0 Å². The van der Waals surface area contributed by atoms with E-state index in [0.717, 1.165) is 6.07 Å². The number of methoxy groups -OCH3 is 1. The van der Waals surface area contributed by atoms with Crippen molar-refractivity contribution >= 4 is 23.5 Å². The quantitative estimate of drug-likeness (QED) is 0.757. The summed E-state index contributed by atoms with van der Waals surface area (Å²) >= 11 is 0. The van der Waals surface area contributed by atoms with Crippen LogP contribution in [0.4, 0.5) is 10.1 Å². The number of nitrogens with zero attached hydrogens (tertiary/aromatic N) is 1. The summed E-state index contributed by atoms with van der Waals surface area (Å²) in [6, 6.07) is 3.83. The van der Waals surface area contributed by atoms with E-state index in [1.807, 2.05) is 13.8 Å². The molecule has 0 spiro atoms. The number of benzene rings is 1. The van der Waals surface area contributed by atoms with Crippen molar-refractivity contribution in [1.29, 1.82) is 0 Å². The van der Waals surface area contributed by atoms with Crippen molar-refractivity contribution in [2.75, 3.05) is 32.1 Å². The van der Waals surface area contributed by atoms with Gasteiger partial charge in [0.25, 0.3) is 5.91 Å². The average molecular weight is 380 g/mol. The Hall–Kier alpha value is -2.48. The summed E-state index contributed by atoms with van der Waals surface area (Å²) in [4.78, 5) is 37.4. The SMILES string of the molecule is COCC1(C(=O)O)CCN(C(=O)c2ccc(NC(=O)CC(C)C)c(F)c2)C1. The first kappa shape index (κ1) is 20.8. The average Bonchev–Trinajstić information content (AvgIpc) is 3.01. The first-order valence-electron chi connectivity index (χ1n) is 8.79. The molecule has 0 aliphatic carbocycles. The predicted octanol–water partition coefficient (Wildman–Crippen LogP) is 2.37. The van der Waals surface area contributed by atoms with Gasteiger partial charge in [0.05, 0.1) is 12.3 Å². The Morgan fingerprint density at radius 3 is 2.63 bits per heavy atom. The molecule has 7 nitrogen and oxygen atoms in total. The number of rotatable bonds is 7. The zero-order valence-corrected chi connectivity index (χ0v) is 15.8. The van der Waals surface area contributed by atoms with E-state index in [4.69, 9.17) is 4.74 Å². The molecule has 27 heavy (non-hydrogen) atoms. The highest BCUT2D eigenvalue weighted by molar-refractivity contribution is 5.96. The molecule has 1 fully saturated rings. The highest BCUT2D eigenvalue weighted by Crippen LogP contribution is 2.32. The number of halogens is 1. The van der Waals surface area contributed by atoms with E-state index >= 15 is 0 Å². The fraction of sp³-hybridized carbons (Fsp3) is 0.526. The molecule has 0 radical (unpaired) electrons. The number of carbonyl (C=O) groups is 3. The highest BCUT2D eigenvalue weighted by Gasteiger charge is 2.46. The molecular weight excluding hydrogens is 355 g/mol. The van der Waals surface area contributed by atoms with Crippen molar-refractivity contribution in [3.05, 3.63) is 29.6 Å². The van der Waals surface area contributed by atoms with Gasteiger partial charge in [0.2, 0.25) is 5.91 Å². The molecule has 1 saturated heterocycles. The summed E-state index contributed by atoms with van der Waals surface area (Å²) < 4.78 is 19.3. The maximum Gasteiger partial charge on any atom is 0.313 e. The third-order valence-electron chi connectivity index (χ3n) is 4.60. The minimum atomic E-state index is -1.15. The van der Waals surface area contributed by atoms with Crippen LogP contribution in [-0.2, 0) is 14.3 Å². The molecule has 0 bridgehead atoms. The summed E-state index contributed by atoms with van der Waals surface area (Å²) in [5.41, 5.74) is -1.03. The number of nitrogens with one attached hydrogen (secondary N) is 1. The molecule has 1 heterocycles. The maximum absolute atomic E-state index is 14.3. The van der Waals surface area contributed by atoms with Gasteiger partial charge in [-0.3, -0.25) is 14.4 Å². The van der Waals surface area contributed by atoms with Crippen LogP contribution in [0.1, 0.15) is 37.0 Å². The molecule has 0 aromatic heterocycles. The zero-order valence-electron chi connectivity index (χ0n) is 15.8. The van der Waals surface area contributed by atoms with Gasteiger partial charge in [-0.1, -0.05) is 13.8 Å². The number of carboxylic acids is 1. The second-order valence-corrected chi connectivity index (χ2v) is 7.34. The van der Waals surface area contributed by atoms with Gasteiger partial charge in [0.15, 0.2) is 0 Å². The topological polar surface area (TPSA) is 95.9 Å². The molecule has 1 aliphatic rings. The van der Waals surface area contributed by atoms with Gasteiger partial charge in [-0.2, -0.15) is 0 Å². The molecule has 2 rings (SSSR count). The smallest absolute Gasteiger partial charge is 0.313 e. The standard InChI is InChI=1S/C19H25FN2O5/c1-12(2)8-16(23)21-15-5-4-13(9-14(15)20)17(24)22-7-6-19(10-22,11-27-3)18(25)26/h4-5,9,12H,6-8,10-11H2,1-3H3,(H,21,23)(H,25,26). The van der Waals surface area contributed by atoms with Crippen LogP contribution < -0.4 is 5.32 Å². The van der Waals surface area contributed by atoms with Crippen LogP contribution in [0.2, 0.25) is 0 Å². The lowest BCUT2D eigenvalue weighted by molar-refractivity contribution is -0.151. The van der Waals surface area contributed by atoms with Gasteiger partial charge < -0.3 is 20.1 Å². The summed E-state index contributed by atoms with van der Waals surface area (Å²) in [5.74, 6) is -2.33. The molecule has 1 aromatic carbocycles. The van der Waals surface area contributed by atoms with Crippen LogP contribution in [0.25, 0.3) is 0 Å². The molecule has 2 N–H and O–H groups in total. The van der Waals surface area contributed by atoms with E-state index < -0.39 is 23.1 Å². The lowest BCUT2D eigenvalue weighted by Crippen LogP contribution is -2.40. The van der Waals surface area contributed by atoms with Gasteiger partial charge in [0.1, 0.15) is 11.2 Å². The van der Waals surface area contributed by atoms with Crippen LogP contribution in [0.5, 0.6) is 0 Å². The summed E-state index contributed by atoms with van der Waals surface area (Å²) in [7, 11) is 1.41. The Kier molecular flexibility index (Phi) is 6.54. The van der Waals surface area contributed by atoms with Crippen LogP contribution in [0.3, 0.4) is 0 Å². The predicted molar refractivity (Wildman–Crippen MR) is 97.0 cm³/mol. The number of ether oxygens (including phenoxy) is 1. The number of anilines is 1. The number of hydrogen-bond donors (Lipinski definition) is 2. The number of likely N-dealkylation sites (tertiary alicyclic amines) is 1. The van der Waals surface area contributed by atoms with Gasteiger partial charge >= 0.3 is 5.97 Å². The summed E-state index contributed by atoms with van der Waals surface area (Å²) in [6.45, 7) is 4.02. The van der Waals surface area contributed by atoms with E-state index in [9.17, 15) is 23.9 Å². The van der Waals surface area contributed by atoms with Crippen LogP contribution in [-0.4, -0.2) is 54.6 Å². The fourth-order valence-electron chi connectivity index (χ4n) is 3.18. The second-order valence-electron chi connectivity index (χ2n) is 7.34. The van der Waals surface area contributed by atoms with Gasteiger partial charge in [0, 0.05) is 32.2 Å². The Balaban J connectivity index is 2.10. The monoisotopic (exact) mass is 380 g/mol. The van der Waals surface area contributed by atoms with Crippen LogP contribution >= 0.6 is 0 Å². The normalized spacial score (nSPS) is 19.4. The lowest BCUT2D eigenvalue weighted by atomic mass is 9.88. The van der Waals surface area contributed by atoms with Crippen molar-refractivity contribution in [1.82, 2.24) is 4.90 Å². The van der Waals surface area contributed by atoms with Gasteiger partial charge in [-0.25, -0.2) is 4.39 Å². The maximum atomic E-state index is 14.3. The van der Waals surface area contributed by atoms with Crippen molar-refractivity contribution in [3.8, 4) is 0 Å². The van der Waals surface area contributed by atoms with E-state index in [1.165, 1.54) is 24.1 Å². The molecule has 148 valence electrons. The van der Waals surface area contributed by atoms with E-state index in [1.54, 1.807) is 0 Å². The Morgan fingerprint density at radius 2 is 2.07 bits per heavy atom. The second kappa shape index (κ2) is 8.47. The number of aliphatic carboxylic acids is 1. The van der Waals surface area contributed by atoms with Crippen LogP contribution in [0.15, 0.2) is 18.2 Å². The fourth-order valence-corrected chi connectivity index (χ4v) is 3.18. The third-order valence-corrected chi connectivity index (χ3v) is 4.60. The van der Waals surface area contributed by atoms with E-state index in [-0.39, 0.29) is 55.6 Å². The molecule has 0 saturated carbocycles. The zero-order chi connectivity index (χ0) is 20.2. The molecule has 2 amide bonds. The largest absolute Gasteiger partial charge is 0.481 e. The Bertz CT molecular complexity index is 737. The molecular formula is C19H25FN2O5. The first-order valence-corrected chi connectivity index (χ1v) is 8.79. The highest BCUT2D eigenvalue weighted by atomic mass is 19.1. The first-order chi connectivity index (χ1) is 12.7. The minimum Gasteiger partial charge on any atom is -0.481 e.